The quantitative estimate of drug-likeness (QED) is 0.681. The summed E-state index contributed by atoms with van der Waals surface area (Å²) < 4.78 is 0. The summed E-state index contributed by atoms with van der Waals surface area (Å²) in [6, 6.07) is 0.907. The van der Waals surface area contributed by atoms with Gasteiger partial charge in [0.15, 0.2) is 0 Å². The monoisotopic (exact) mass is 167 g/mol. The second-order valence-corrected chi connectivity index (χ2v) is 4.81. The lowest BCUT2D eigenvalue weighted by Crippen LogP contribution is -2.27. The summed E-state index contributed by atoms with van der Waals surface area (Å²) in [5.74, 6) is 2.00. The average molecular weight is 167 g/mol. The molecule has 0 radical (unpaired) electrons. The van der Waals surface area contributed by atoms with Crippen LogP contribution in [0, 0.1) is 11.8 Å². The molecule has 0 unspecified atom stereocenters. The summed E-state index contributed by atoms with van der Waals surface area (Å²) in [5, 5.41) is 3.64. The molecule has 0 heterocycles. The van der Waals surface area contributed by atoms with Gasteiger partial charge >= 0.3 is 0 Å². The van der Waals surface area contributed by atoms with E-state index >= 15 is 0 Å². The molecule has 12 heavy (non-hydrogen) atoms. The zero-order valence-corrected chi connectivity index (χ0v) is 8.18. The second kappa shape index (κ2) is 3.78. The van der Waals surface area contributed by atoms with Crippen molar-refractivity contribution in [3.63, 3.8) is 0 Å². The molecule has 2 rings (SSSR count). The highest BCUT2D eigenvalue weighted by Crippen LogP contribution is 2.28. The van der Waals surface area contributed by atoms with Crippen molar-refractivity contribution in [1.29, 1.82) is 0 Å². The predicted molar refractivity (Wildman–Crippen MR) is 52.1 cm³/mol. The van der Waals surface area contributed by atoms with Crippen molar-refractivity contribution < 1.29 is 0 Å². The van der Waals surface area contributed by atoms with E-state index in [4.69, 9.17) is 0 Å². The molecule has 0 atom stereocenters. The molecule has 0 aromatic heterocycles. The van der Waals surface area contributed by atoms with Crippen LogP contribution in [0.3, 0.4) is 0 Å². The van der Waals surface area contributed by atoms with E-state index in [1.54, 1.807) is 0 Å². The van der Waals surface area contributed by atoms with Crippen molar-refractivity contribution in [2.45, 2.75) is 51.5 Å². The molecule has 0 aromatic rings. The van der Waals surface area contributed by atoms with Crippen LogP contribution in [0.2, 0.25) is 0 Å². The predicted octanol–water partition coefficient (Wildman–Crippen LogP) is 2.56. The molecule has 0 amide bonds. The van der Waals surface area contributed by atoms with Crippen LogP contribution >= 0.6 is 0 Å². The Bertz CT molecular complexity index is 132. The van der Waals surface area contributed by atoms with Gasteiger partial charge in [0.05, 0.1) is 0 Å². The topological polar surface area (TPSA) is 12.0 Å². The van der Waals surface area contributed by atoms with Gasteiger partial charge in [-0.25, -0.2) is 0 Å². The maximum absolute atomic E-state index is 3.64. The third-order valence-electron chi connectivity index (χ3n) is 3.41. The number of rotatable bonds is 3. The molecule has 0 aromatic carbocycles. The van der Waals surface area contributed by atoms with Gasteiger partial charge in [0.2, 0.25) is 0 Å². The molecule has 70 valence electrons. The van der Waals surface area contributed by atoms with Gasteiger partial charge in [-0.3, -0.25) is 0 Å². The first kappa shape index (κ1) is 8.55. The molecule has 0 aliphatic heterocycles. The molecule has 2 saturated carbocycles. The summed E-state index contributed by atoms with van der Waals surface area (Å²) in [4.78, 5) is 0. The maximum Gasteiger partial charge on any atom is 0.00683 e. The molecule has 1 nitrogen and oxygen atoms in total. The standard InChI is InChI=1S/C11H21N/c1-9-2-4-10(5-3-9)8-12-11-6-7-11/h9-12H,2-8H2,1H3/t9-,10-. The lowest BCUT2D eigenvalue weighted by Gasteiger charge is -2.26. The molecule has 0 bridgehead atoms. The maximum atomic E-state index is 3.64. The minimum absolute atomic E-state index is 0.907. The van der Waals surface area contributed by atoms with Crippen LogP contribution < -0.4 is 5.32 Å². The molecule has 1 heteroatoms. The Morgan fingerprint density at radius 2 is 1.67 bits per heavy atom. The van der Waals surface area contributed by atoms with Crippen LogP contribution in [0.15, 0.2) is 0 Å². The Morgan fingerprint density at radius 1 is 1.00 bits per heavy atom. The average Bonchev–Trinajstić information content (AvgIpc) is 2.87. The molecule has 2 fully saturated rings. The fourth-order valence-corrected chi connectivity index (χ4v) is 2.15. The fourth-order valence-electron chi connectivity index (χ4n) is 2.15. The number of nitrogens with one attached hydrogen (secondary N) is 1. The van der Waals surface area contributed by atoms with E-state index < -0.39 is 0 Å². The Hall–Kier alpha value is -0.0400. The van der Waals surface area contributed by atoms with Gasteiger partial charge in [-0.1, -0.05) is 19.8 Å². The van der Waals surface area contributed by atoms with Gasteiger partial charge in [0, 0.05) is 6.04 Å². The van der Waals surface area contributed by atoms with Crippen LogP contribution in [0.5, 0.6) is 0 Å². The van der Waals surface area contributed by atoms with Crippen molar-refractivity contribution in [1.82, 2.24) is 5.32 Å². The van der Waals surface area contributed by atoms with Crippen molar-refractivity contribution in [3.05, 3.63) is 0 Å². The van der Waals surface area contributed by atoms with Crippen molar-refractivity contribution in [2.75, 3.05) is 6.54 Å². The lowest BCUT2D eigenvalue weighted by atomic mass is 9.83. The highest BCUT2D eigenvalue weighted by atomic mass is 14.9. The Morgan fingerprint density at radius 3 is 2.25 bits per heavy atom. The first-order valence-corrected chi connectivity index (χ1v) is 5.58. The van der Waals surface area contributed by atoms with E-state index in [2.05, 4.69) is 12.2 Å². The molecule has 2 aliphatic carbocycles. The summed E-state index contributed by atoms with van der Waals surface area (Å²) in [6.45, 7) is 3.70. The van der Waals surface area contributed by atoms with Gasteiger partial charge in [0.1, 0.15) is 0 Å². The van der Waals surface area contributed by atoms with E-state index in [1.165, 1.54) is 45.1 Å². The SMILES string of the molecule is C[C@H]1CC[C@H](CNC2CC2)CC1. The van der Waals surface area contributed by atoms with E-state index in [1.807, 2.05) is 0 Å². The lowest BCUT2D eigenvalue weighted by molar-refractivity contribution is 0.281. The minimum Gasteiger partial charge on any atom is -0.314 e. The van der Waals surface area contributed by atoms with Gasteiger partial charge in [-0.05, 0) is 44.1 Å². The summed E-state index contributed by atoms with van der Waals surface area (Å²) in [6.07, 6.45) is 8.75. The van der Waals surface area contributed by atoms with Crippen LogP contribution in [-0.4, -0.2) is 12.6 Å². The molecule has 1 N–H and O–H groups in total. The van der Waals surface area contributed by atoms with E-state index in [0.717, 1.165) is 17.9 Å². The number of hydrogen-bond donors (Lipinski definition) is 1. The second-order valence-electron chi connectivity index (χ2n) is 4.81. The zero-order chi connectivity index (χ0) is 8.39. The van der Waals surface area contributed by atoms with E-state index in [0.29, 0.717) is 0 Å². The van der Waals surface area contributed by atoms with Gasteiger partial charge in [-0.15, -0.1) is 0 Å². The van der Waals surface area contributed by atoms with E-state index in [-0.39, 0.29) is 0 Å². The van der Waals surface area contributed by atoms with Crippen LogP contribution in [0.4, 0.5) is 0 Å². The van der Waals surface area contributed by atoms with Crippen LogP contribution in [0.1, 0.15) is 45.4 Å². The first-order valence-electron chi connectivity index (χ1n) is 5.58. The Labute approximate surface area is 75.9 Å². The third-order valence-corrected chi connectivity index (χ3v) is 3.41. The summed E-state index contributed by atoms with van der Waals surface area (Å²) in [5.41, 5.74) is 0. The van der Waals surface area contributed by atoms with Gasteiger partial charge in [0.25, 0.3) is 0 Å². The highest BCUT2D eigenvalue weighted by molar-refractivity contribution is 4.82. The van der Waals surface area contributed by atoms with E-state index in [9.17, 15) is 0 Å². The van der Waals surface area contributed by atoms with Crippen molar-refractivity contribution >= 4 is 0 Å². The highest BCUT2D eigenvalue weighted by Gasteiger charge is 2.23. The largest absolute Gasteiger partial charge is 0.314 e. The summed E-state index contributed by atoms with van der Waals surface area (Å²) in [7, 11) is 0. The van der Waals surface area contributed by atoms with Gasteiger partial charge in [-0.2, -0.15) is 0 Å². The Balaban J connectivity index is 1.60. The van der Waals surface area contributed by atoms with Crippen molar-refractivity contribution in [3.8, 4) is 0 Å². The van der Waals surface area contributed by atoms with Crippen LogP contribution in [0.25, 0.3) is 0 Å². The minimum atomic E-state index is 0.907. The number of hydrogen-bond acceptors (Lipinski definition) is 1. The first-order chi connectivity index (χ1) is 5.84. The van der Waals surface area contributed by atoms with Gasteiger partial charge < -0.3 is 5.32 Å². The summed E-state index contributed by atoms with van der Waals surface area (Å²) >= 11 is 0. The zero-order valence-electron chi connectivity index (χ0n) is 8.18. The Kier molecular flexibility index (Phi) is 2.69. The molecular weight excluding hydrogens is 146 g/mol. The normalized spacial score (nSPS) is 36.8. The molecule has 0 spiro atoms. The third kappa shape index (κ3) is 2.48. The molecule has 2 aliphatic rings. The molecule has 0 saturated heterocycles. The fraction of sp³-hybridized carbons (Fsp3) is 1.00. The molecular formula is C11H21N. The van der Waals surface area contributed by atoms with Crippen LogP contribution in [-0.2, 0) is 0 Å². The van der Waals surface area contributed by atoms with Crippen molar-refractivity contribution in [2.24, 2.45) is 11.8 Å². The smallest absolute Gasteiger partial charge is 0.00683 e.